The third-order valence-corrected chi connectivity index (χ3v) is 3.59. The van der Waals surface area contributed by atoms with Crippen LogP contribution in [-0.4, -0.2) is 31.7 Å². The third-order valence-electron chi connectivity index (χ3n) is 3.06. The summed E-state index contributed by atoms with van der Waals surface area (Å²) in [6, 6.07) is 9.45. The van der Waals surface area contributed by atoms with Crippen molar-refractivity contribution in [2.75, 3.05) is 11.9 Å². The van der Waals surface area contributed by atoms with Crippen LogP contribution in [0.4, 0.5) is 5.69 Å². The molecule has 0 amide bonds. The van der Waals surface area contributed by atoms with Gasteiger partial charge < -0.3 is 11.1 Å². The lowest BCUT2D eigenvalue weighted by atomic mass is 10.2. The molecule has 0 fully saturated rings. The van der Waals surface area contributed by atoms with Crippen molar-refractivity contribution in [3.63, 3.8) is 0 Å². The smallest absolute Gasteiger partial charge is 0.199 e. The molecule has 0 aliphatic carbocycles. The number of hydrogen-bond donors (Lipinski definition) is 3. The molecule has 25 heavy (non-hydrogen) atoms. The molecule has 0 aliphatic rings. The number of benzene rings is 1. The molecular weight excluding hydrogens is 452 g/mol. The maximum absolute atomic E-state index is 5.85. The highest BCUT2D eigenvalue weighted by Crippen LogP contribution is 2.20. The molecule has 1 aromatic carbocycles. The highest BCUT2D eigenvalue weighted by Gasteiger charge is 2.15. The van der Waals surface area contributed by atoms with Gasteiger partial charge in [-0.25, -0.2) is 15.0 Å². The van der Waals surface area contributed by atoms with Crippen molar-refractivity contribution in [3.8, 4) is 11.5 Å². The molecule has 2 heterocycles. The number of anilines is 1. The van der Waals surface area contributed by atoms with E-state index in [1.54, 1.807) is 12.3 Å². The fourth-order valence-corrected chi connectivity index (χ4v) is 2.22. The summed E-state index contributed by atoms with van der Waals surface area (Å²) in [5, 5.41) is 10.4. The van der Waals surface area contributed by atoms with Crippen molar-refractivity contribution >= 4 is 58.8 Å². The number of aromatic nitrogens is 5. The van der Waals surface area contributed by atoms with Gasteiger partial charge in [-0.3, -0.25) is 5.10 Å². The number of H-pyrrole nitrogens is 1. The van der Waals surface area contributed by atoms with E-state index in [2.05, 4.69) is 46.4 Å². The van der Waals surface area contributed by atoms with Crippen LogP contribution < -0.4 is 11.1 Å². The Balaban J connectivity index is 0.00000192. The first-order valence-corrected chi connectivity index (χ1v) is 7.46. The summed E-state index contributed by atoms with van der Waals surface area (Å²) >= 11 is 3.41. The van der Waals surface area contributed by atoms with Gasteiger partial charge in [-0.2, -0.15) is 5.10 Å². The number of nitrogens with two attached hydrogens (primary N) is 1. The Morgan fingerprint density at radius 1 is 1.12 bits per heavy atom. The molecule has 0 radical (unpaired) electrons. The van der Waals surface area contributed by atoms with E-state index in [-0.39, 0.29) is 43.3 Å². The Labute approximate surface area is 172 Å². The minimum Gasteiger partial charge on any atom is -0.374 e. The maximum atomic E-state index is 5.85. The second-order valence-corrected chi connectivity index (χ2v) is 5.49. The Hall–Kier alpha value is -1.45. The van der Waals surface area contributed by atoms with E-state index in [0.29, 0.717) is 23.9 Å². The van der Waals surface area contributed by atoms with E-state index in [4.69, 9.17) is 5.73 Å². The third kappa shape index (κ3) is 6.09. The second kappa shape index (κ2) is 11.2. The minimum absolute atomic E-state index is 0. The van der Waals surface area contributed by atoms with Crippen LogP contribution in [0.2, 0.25) is 0 Å². The molecular formula is C14H17BrCl3N7. The van der Waals surface area contributed by atoms with Gasteiger partial charge in [0.15, 0.2) is 5.82 Å². The lowest BCUT2D eigenvalue weighted by Crippen LogP contribution is -2.21. The SMILES string of the molecule is Cl.Cl.Cl.NC[C@@H](Nc1ccc(Br)cc1)c1nc(-c2ccncn2)n[nH]1. The summed E-state index contributed by atoms with van der Waals surface area (Å²) in [7, 11) is 0. The number of aromatic amines is 1. The average Bonchev–Trinajstić information content (AvgIpc) is 3.05. The van der Waals surface area contributed by atoms with Crippen molar-refractivity contribution in [2.24, 2.45) is 5.73 Å². The summed E-state index contributed by atoms with van der Waals surface area (Å²) in [4.78, 5) is 12.5. The lowest BCUT2D eigenvalue weighted by Gasteiger charge is -2.15. The van der Waals surface area contributed by atoms with Gasteiger partial charge in [0.1, 0.15) is 17.8 Å². The first-order valence-electron chi connectivity index (χ1n) is 6.67. The largest absolute Gasteiger partial charge is 0.374 e. The molecule has 3 aromatic rings. The summed E-state index contributed by atoms with van der Waals surface area (Å²) in [5.74, 6) is 1.19. The van der Waals surface area contributed by atoms with Crippen LogP contribution >= 0.6 is 53.2 Å². The molecule has 4 N–H and O–H groups in total. The van der Waals surface area contributed by atoms with Gasteiger partial charge in [-0.05, 0) is 30.3 Å². The summed E-state index contributed by atoms with van der Waals surface area (Å²) in [5.41, 5.74) is 7.47. The van der Waals surface area contributed by atoms with Crippen LogP contribution in [0.15, 0.2) is 47.3 Å². The average molecular weight is 470 g/mol. The molecule has 11 heteroatoms. The maximum Gasteiger partial charge on any atom is 0.199 e. The number of hydrogen-bond acceptors (Lipinski definition) is 6. The number of rotatable bonds is 5. The van der Waals surface area contributed by atoms with Gasteiger partial charge in [0.2, 0.25) is 0 Å². The molecule has 0 saturated heterocycles. The number of nitrogens with one attached hydrogen (secondary N) is 2. The fourth-order valence-electron chi connectivity index (χ4n) is 1.95. The Bertz CT molecular complexity index is 740. The lowest BCUT2D eigenvalue weighted by molar-refractivity contribution is 0.730. The van der Waals surface area contributed by atoms with Gasteiger partial charge in [-0.1, -0.05) is 15.9 Å². The number of nitrogens with zero attached hydrogens (tertiary/aromatic N) is 4. The predicted octanol–water partition coefficient (Wildman–Crippen LogP) is 3.40. The zero-order valence-electron chi connectivity index (χ0n) is 12.8. The van der Waals surface area contributed by atoms with Crippen molar-refractivity contribution in [1.29, 1.82) is 0 Å². The van der Waals surface area contributed by atoms with Gasteiger partial charge in [-0.15, -0.1) is 37.2 Å². The van der Waals surface area contributed by atoms with Crippen molar-refractivity contribution < 1.29 is 0 Å². The quantitative estimate of drug-likeness (QED) is 0.529. The summed E-state index contributed by atoms with van der Waals surface area (Å²) < 4.78 is 1.02. The standard InChI is InChI=1S/C14H14BrN7.3ClH/c15-9-1-3-10(4-2-9)19-12(7-16)14-20-13(21-22-14)11-5-6-17-8-18-11;;;/h1-6,8,12,19H,7,16H2,(H,20,21,22);3*1H/t12-;;;/m1.../s1. The second-order valence-electron chi connectivity index (χ2n) is 4.58. The highest BCUT2D eigenvalue weighted by molar-refractivity contribution is 9.10. The molecule has 0 bridgehead atoms. The Kier molecular flexibility index (Phi) is 10.6. The molecule has 0 aliphatic heterocycles. The van der Waals surface area contributed by atoms with E-state index >= 15 is 0 Å². The normalized spacial score (nSPS) is 10.6. The fraction of sp³-hybridized carbons (Fsp3) is 0.143. The minimum atomic E-state index is -0.163. The summed E-state index contributed by atoms with van der Waals surface area (Å²) in [6.45, 7) is 0.383. The first-order chi connectivity index (χ1) is 10.8. The topological polar surface area (TPSA) is 105 Å². The van der Waals surface area contributed by atoms with Crippen LogP contribution in [-0.2, 0) is 0 Å². The molecule has 1 atom stereocenters. The summed E-state index contributed by atoms with van der Waals surface area (Å²) in [6.07, 6.45) is 3.12. The van der Waals surface area contributed by atoms with E-state index in [1.807, 2.05) is 24.3 Å². The van der Waals surface area contributed by atoms with Crippen molar-refractivity contribution in [1.82, 2.24) is 25.1 Å². The van der Waals surface area contributed by atoms with Crippen LogP contribution in [0.5, 0.6) is 0 Å². The van der Waals surface area contributed by atoms with Crippen molar-refractivity contribution in [2.45, 2.75) is 6.04 Å². The molecule has 3 rings (SSSR count). The van der Waals surface area contributed by atoms with Crippen LogP contribution in [0.25, 0.3) is 11.5 Å². The molecule has 2 aromatic heterocycles. The van der Waals surface area contributed by atoms with E-state index < -0.39 is 0 Å². The zero-order chi connectivity index (χ0) is 15.4. The first kappa shape index (κ1) is 23.5. The van der Waals surface area contributed by atoms with E-state index in [1.165, 1.54) is 6.33 Å². The van der Waals surface area contributed by atoms with Gasteiger partial charge in [0, 0.05) is 22.9 Å². The molecule has 0 saturated carbocycles. The monoisotopic (exact) mass is 467 g/mol. The van der Waals surface area contributed by atoms with E-state index in [9.17, 15) is 0 Å². The number of halogens is 4. The Morgan fingerprint density at radius 3 is 2.44 bits per heavy atom. The van der Waals surface area contributed by atoms with Crippen LogP contribution in [0.3, 0.4) is 0 Å². The van der Waals surface area contributed by atoms with Gasteiger partial charge in [0.25, 0.3) is 0 Å². The van der Waals surface area contributed by atoms with Crippen LogP contribution in [0.1, 0.15) is 11.9 Å². The molecule has 7 nitrogen and oxygen atoms in total. The molecule has 136 valence electrons. The van der Waals surface area contributed by atoms with Gasteiger partial charge >= 0.3 is 0 Å². The molecule has 0 spiro atoms. The molecule has 0 unspecified atom stereocenters. The van der Waals surface area contributed by atoms with Gasteiger partial charge in [0.05, 0.1) is 6.04 Å². The van der Waals surface area contributed by atoms with Crippen molar-refractivity contribution in [3.05, 3.63) is 53.2 Å². The highest BCUT2D eigenvalue weighted by atomic mass is 79.9. The van der Waals surface area contributed by atoms with Crippen LogP contribution in [0, 0.1) is 0 Å². The predicted molar refractivity (Wildman–Crippen MR) is 109 cm³/mol. The Morgan fingerprint density at radius 2 is 1.84 bits per heavy atom. The zero-order valence-corrected chi connectivity index (χ0v) is 16.8. The van der Waals surface area contributed by atoms with E-state index in [0.717, 1.165) is 10.2 Å².